The smallest absolute Gasteiger partial charge is 0.254 e. The molecule has 32 heavy (non-hydrogen) atoms. The summed E-state index contributed by atoms with van der Waals surface area (Å²) in [5.41, 5.74) is 0. The summed E-state index contributed by atoms with van der Waals surface area (Å²) in [7, 11) is -3.68. The van der Waals surface area contributed by atoms with E-state index in [0.717, 1.165) is 17.2 Å². The minimum absolute atomic E-state index is 0.106. The number of nitrogens with one attached hydrogen (secondary N) is 2. The molecule has 0 atom stereocenters. The second kappa shape index (κ2) is 9.14. The van der Waals surface area contributed by atoms with Crippen molar-refractivity contribution in [2.75, 3.05) is 41.7 Å². The highest BCUT2D eigenvalue weighted by Crippen LogP contribution is 2.27. The zero-order valence-corrected chi connectivity index (χ0v) is 19.2. The Hall–Kier alpha value is -3.16. The standard InChI is InChI=1S/C19H22N8O3S2/c1-13-22-16(25-15-5-3-4-6-20-15)11-17(23-13)26-7-9-27(10-8-26)32(29,30)18-12-21-19(31-18)24-14(2)28/h3-6,11-12H,7-10H2,1-2H3,(H,21,24,28)(H,20,22,23,25). The van der Waals surface area contributed by atoms with Crippen molar-refractivity contribution in [2.45, 2.75) is 18.1 Å². The van der Waals surface area contributed by atoms with Crippen LogP contribution in [0.15, 0.2) is 40.9 Å². The van der Waals surface area contributed by atoms with Crippen LogP contribution in [-0.4, -0.2) is 64.7 Å². The lowest BCUT2D eigenvalue weighted by Crippen LogP contribution is -2.48. The fraction of sp³-hybridized carbons (Fsp3) is 0.316. The fourth-order valence-electron chi connectivity index (χ4n) is 3.22. The van der Waals surface area contributed by atoms with E-state index in [4.69, 9.17) is 0 Å². The Bertz CT molecular complexity index is 1210. The highest BCUT2D eigenvalue weighted by molar-refractivity contribution is 7.91. The summed E-state index contributed by atoms with van der Waals surface area (Å²) in [5, 5.41) is 5.94. The van der Waals surface area contributed by atoms with Crippen LogP contribution in [0.2, 0.25) is 0 Å². The van der Waals surface area contributed by atoms with Gasteiger partial charge in [-0.15, -0.1) is 0 Å². The van der Waals surface area contributed by atoms with Crippen molar-refractivity contribution < 1.29 is 13.2 Å². The number of carbonyl (C=O) groups is 1. The number of aromatic nitrogens is 4. The van der Waals surface area contributed by atoms with Gasteiger partial charge in [0.2, 0.25) is 5.91 Å². The predicted molar refractivity (Wildman–Crippen MR) is 122 cm³/mol. The van der Waals surface area contributed by atoms with E-state index in [1.54, 1.807) is 6.20 Å². The summed E-state index contributed by atoms with van der Waals surface area (Å²) in [6.07, 6.45) is 2.97. The second-order valence-corrected chi connectivity index (χ2v) is 10.3. The summed E-state index contributed by atoms with van der Waals surface area (Å²) in [6.45, 7) is 4.74. The molecular formula is C19H22N8O3S2. The molecule has 1 fully saturated rings. The van der Waals surface area contributed by atoms with Crippen LogP contribution in [-0.2, 0) is 14.8 Å². The van der Waals surface area contributed by atoms with Crippen LogP contribution in [0.1, 0.15) is 12.7 Å². The van der Waals surface area contributed by atoms with Crippen LogP contribution in [0.25, 0.3) is 0 Å². The SMILES string of the molecule is CC(=O)Nc1ncc(S(=O)(=O)N2CCN(c3cc(Nc4ccccn4)nc(C)n3)CC2)s1. The van der Waals surface area contributed by atoms with Crippen molar-refractivity contribution in [2.24, 2.45) is 0 Å². The maximum atomic E-state index is 13.0. The molecule has 0 aliphatic carbocycles. The number of aryl methyl sites for hydroxylation is 1. The Balaban J connectivity index is 1.44. The molecule has 3 aromatic rings. The van der Waals surface area contributed by atoms with E-state index in [2.05, 4.69) is 30.6 Å². The van der Waals surface area contributed by atoms with Gasteiger partial charge in [0.1, 0.15) is 23.3 Å². The monoisotopic (exact) mass is 474 g/mol. The molecule has 0 radical (unpaired) electrons. The van der Waals surface area contributed by atoms with Gasteiger partial charge < -0.3 is 15.5 Å². The highest BCUT2D eigenvalue weighted by atomic mass is 32.2. The lowest BCUT2D eigenvalue weighted by molar-refractivity contribution is -0.114. The molecule has 0 bridgehead atoms. The normalized spacial score (nSPS) is 14.9. The number of hydrogen-bond acceptors (Lipinski definition) is 10. The average molecular weight is 475 g/mol. The van der Waals surface area contributed by atoms with E-state index in [9.17, 15) is 13.2 Å². The molecule has 0 aromatic carbocycles. The van der Waals surface area contributed by atoms with E-state index in [1.807, 2.05) is 36.1 Å². The number of thiazole rings is 1. The van der Waals surface area contributed by atoms with Gasteiger partial charge in [0.15, 0.2) is 9.34 Å². The first kappa shape index (κ1) is 22.0. The molecule has 3 aromatic heterocycles. The highest BCUT2D eigenvalue weighted by Gasteiger charge is 2.31. The molecule has 1 aliphatic rings. The minimum atomic E-state index is -3.68. The number of amides is 1. The molecule has 0 saturated carbocycles. The van der Waals surface area contributed by atoms with Crippen LogP contribution >= 0.6 is 11.3 Å². The zero-order valence-electron chi connectivity index (χ0n) is 17.5. The molecule has 13 heteroatoms. The largest absolute Gasteiger partial charge is 0.354 e. The van der Waals surface area contributed by atoms with E-state index in [1.165, 1.54) is 17.4 Å². The van der Waals surface area contributed by atoms with Crippen molar-refractivity contribution in [1.82, 2.24) is 24.2 Å². The summed E-state index contributed by atoms with van der Waals surface area (Å²) >= 11 is 0.943. The molecule has 1 amide bonds. The van der Waals surface area contributed by atoms with Crippen LogP contribution in [0.5, 0.6) is 0 Å². The van der Waals surface area contributed by atoms with Crippen molar-refractivity contribution in [3.63, 3.8) is 0 Å². The topological polar surface area (TPSA) is 133 Å². The first-order valence-corrected chi connectivity index (χ1v) is 12.1. The predicted octanol–water partition coefficient (Wildman–Crippen LogP) is 1.85. The first-order valence-electron chi connectivity index (χ1n) is 9.83. The number of anilines is 4. The molecule has 1 saturated heterocycles. The molecular weight excluding hydrogens is 452 g/mol. The third kappa shape index (κ3) is 5.00. The van der Waals surface area contributed by atoms with E-state index in [-0.39, 0.29) is 15.2 Å². The van der Waals surface area contributed by atoms with E-state index >= 15 is 0 Å². The Morgan fingerprint density at radius 3 is 2.56 bits per heavy atom. The molecule has 0 spiro atoms. The Kier molecular flexibility index (Phi) is 6.30. The van der Waals surface area contributed by atoms with E-state index < -0.39 is 10.0 Å². The summed E-state index contributed by atoms with van der Waals surface area (Å²) in [4.78, 5) is 30.3. The van der Waals surface area contributed by atoms with Gasteiger partial charge in [0.05, 0.1) is 6.20 Å². The Morgan fingerprint density at radius 1 is 1.09 bits per heavy atom. The molecule has 2 N–H and O–H groups in total. The molecule has 168 valence electrons. The molecule has 1 aliphatic heterocycles. The van der Waals surface area contributed by atoms with Crippen molar-refractivity contribution >= 4 is 49.9 Å². The maximum absolute atomic E-state index is 13.0. The Morgan fingerprint density at radius 2 is 1.88 bits per heavy atom. The van der Waals surface area contributed by atoms with Crippen molar-refractivity contribution in [1.29, 1.82) is 0 Å². The van der Waals surface area contributed by atoms with E-state index in [0.29, 0.717) is 43.6 Å². The lowest BCUT2D eigenvalue weighted by Gasteiger charge is -2.34. The van der Waals surface area contributed by atoms with Gasteiger partial charge in [-0.25, -0.2) is 28.4 Å². The van der Waals surface area contributed by atoms with Gasteiger partial charge in [-0.3, -0.25) is 4.79 Å². The third-order valence-electron chi connectivity index (χ3n) is 4.67. The number of nitrogens with zero attached hydrogens (tertiary/aromatic N) is 6. The average Bonchev–Trinajstić information content (AvgIpc) is 3.23. The minimum Gasteiger partial charge on any atom is -0.354 e. The molecule has 11 nitrogen and oxygen atoms in total. The first-order chi connectivity index (χ1) is 15.3. The zero-order chi connectivity index (χ0) is 22.7. The number of hydrogen-bond donors (Lipinski definition) is 2. The molecule has 4 rings (SSSR count). The number of pyridine rings is 1. The van der Waals surface area contributed by atoms with Crippen LogP contribution in [0.3, 0.4) is 0 Å². The number of rotatable bonds is 6. The van der Waals surface area contributed by atoms with Gasteiger partial charge in [0.25, 0.3) is 10.0 Å². The Labute approximate surface area is 189 Å². The van der Waals surface area contributed by atoms with Crippen LogP contribution in [0.4, 0.5) is 22.6 Å². The van der Waals surface area contributed by atoms with Gasteiger partial charge in [-0.2, -0.15) is 4.31 Å². The number of sulfonamides is 1. The maximum Gasteiger partial charge on any atom is 0.254 e. The fourth-order valence-corrected chi connectivity index (χ4v) is 5.87. The van der Waals surface area contributed by atoms with Gasteiger partial charge in [-0.1, -0.05) is 17.4 Å². The van der Waals surface area contributed by atoms with Gasteiger partial charge >= 0.3 is 0 Å². The number of carbonyl (C=O) groups excluding carboxylic acids is 1. The number of piperazine rings is 1. The van der Waals surface area contributed by atoms with Crippen molar-refractivity contribution in [3.05, 3.63) is 42.5 Å². The summed E-state index contributed by atoms with van der Waals surface area (Å²) in [6, 6.07) is 7.39. The lowest BCUT2D eigenvalue weighted by atomic mass is 10.3. The molecule has 0 unspecified atom stereocenters. The van der Waals surface area contributed by atoms with Crippen LogP contribution in [0, 0.1) is 6.92 Å². The second-order valence-electron chi connectivity index (χ2n) is 7.06. The van der Waals surface area contributed by atoms with Crippen molar-refractivity contribution in [3.8, 4) is 0 Å². The van der Waals surface area contributed by atoms with Gasteiger partial charge in [0, 0.05) is 45.4 Å². The van der Waals surface area contributed by atoms with Gasteiger partial charge in [-0.05, 0) is 19.1 Å². The summed E-state index contributed by atoms with van der Waals surface area (Å²) < 4.78 is 27.5. The molecule has 4 heterocycles. The quantitative estimate of drug-likeness (QED) is 0.549. The van der Waals surface area contributed by atoms with Crippen LogP contribution < -0.4 is 15.5 Å². The third-order valence-corrected chi connectivity index (χ3v) is 7.92. The summed E-state index contributed by atoms with van der Waals surface area (Å²) in [5.74, 6) is 2.32.